The number of hydrogen-bond donors (Lipinski definition) is 1. The molecule has 9 heteroatoms. The molecule has 0 fully saturated rings. The van der Waals surface area contributed by atoms with E-state index < -0.39 is 16.8 Å². The van der Waals surface area contributed by atoms with Gasteiger partial charge in [-0.05, 0) is 48.7 Å². The minimum atomic E-state index is -0.679. The molecule has 176 valence electrons. The number of carbonyl (C=O) groups is 1. The van der Waals surface area contributed by atoms with Crippen LogP contribution in [-0.4, -0.2) is 17.5 Å². The highest BCUT2D eigenvalue weighted by molar-refractivity contribution is 5.74. The third-order valence-corrected chi connectivity index (χ3v) is 5.39. The number of nitro groups is 1. The van der Waals surface area contributed by atoms with Crippen molar-refractivity contribution < 1.29 is 23.9 Å². The molecule has 35 heavy (non-hydrogen) atoms. The Balaban J connectivity index is 1.57. The van der Waals surface area contributed by atoms with Crippen LogP contribution in [0.25, 0.3) is 0 Å². The molecule has 0 bridgehead atoms. The summed E-state index contributed by atoms with van der Waals surface area (Å²) in [6.07, 6.45) is 0. The standard InChI is InChI=1S/C26H21N3O6/c1-15-8-16(2)10-20(9-15)33-14-24(30)34-19-6-7-21-23(12-19)35-26(28)22(13-27)25(21)17-4-3-5-18(11-17)29(31)32/h3-12,25H,14,28H2,1-2H3. The number of carbonyl (C=O) groups excluding carboxylic acids is 1. The van der Waals surface area contributed by atoms with Crippen molar-refractivity contribution in [3.05, 3.63) is 104 Å². The molecule has 1 unspecified atom stereocenters. The molecule has 0 aromatic heterocycles. The van der Waals surface area contributed by atoms with Crippen molar-refractivity contribution in [3.8, 4) is 23.3 Å². The summed E-state index contributed by atoms with van der Waals surface area (Å²) in [6, 6.07) is 18.3. The van der Waals surface area contributed by atoms with Gasteiger partial charge in [0.25, 0.3) is 5.69 Å². The third kappa shape index (κ3) is 5.07. The van der Waals surface area contributed by atoms with E-state index in [1.54, 1.807) is 24.3 Å². The second kappa shape index (κ2) is 9.57. The zero-order valence-corrected chi connectivity index (χ0v) is 19.0. The maximum Gasteiger partial charge on any atom is 0.349 e. The van der Waals surface area contributed by atoms with Gasteiger partial charge in [-0.25, -0.2) is 4.79 Å². The highest BCUT2D eigenvalue weighted by Gasteiger charge is 2.32. The van der Waals surface area contributed by atoms with E-state index in [1.807, 2.05) is 38.1 Å². The minimum absolute atomic E-state index is 0.110. The Morgan fingerprint density at radius 3 is 2.54 bits per heavy atom. The minimum Gasteiger partial charge on any atom is -0.482 e. The number of ether oxygens (including phenoxy) is 3. The molecule has 1 aliphatic rings. The van der Waals surface area contributed by atoms with Crippen molar-refractivity contribution in [1.82, 2.24) is 0 Å². The first-order chi connectivity index (χ1) is 16.7. The van der Waals surface area contributed by atoms with Gasteiger partial charge in [-0.3, -0.25) is 10.1 Å². The summed E-state index contributed by atoms with van der Waals surface area (Å²) in [5, 5.41) is 20.9. The van der Waals surface area contributed by atoms with E-state index in [4.69, 9.17) is 19.9 Å². The summed E-state index contributed by atoms with van der Waals surface area (Å²) < 4.78 is 16.5. The predicted molar refractivity (Wildman–Crippen MR) is 126 cm³/mol. The number of nitriles is 1. The first-order valence-electron chi connectivity index (χ1n) is 10.6. The molecular formula is C26H21N3O6. The monoisotopic (exact) mass is 471 g/mol. The van der Waals surface area contributed by atoms with Crippen molar-refractivity contribution in [2.75, 3.05) is 6.61 Å². The lowest BCUT2D eigenvalue weighted by Crippen LogP contribution is -2.21. The number of allylic oxidation sites excluding steroid dienone is 1. The summed E-state index contributed by atoms with van der Waals surface area (Å²) in [5.74, 6) is -0.381. The number of non-ortho nitro benzene ring substituents is 1. The zero-order valence-electron chi connectivity index (χ0n) is 19.0. The Labute approximate surface area is 201 Å². The molecule has 0 amide bonds. The molecule has 0 aliphatic carbocycles. The van der Waals surface area contributed by atoms with Crippen LogP contribution in [0.1, 0.15) is 28.2 Å². The van der Waals surface area contributed by atoms with Crippen molar-refractivity contribution in [1.29, 1.82) is 5.26 Å². The fourth-order valence-corrected chi connectivity index (χ4v) is 3.98. The van der Waals surface area contributed by atoms with Crippen molar-refractivity contribution in [2.45, 2.75) is 19.8 Å². The average molecular weight is 471 g/mol. The van der Waals surface area contributed by atoms with Crippen LogP contribution in [0.2, 0.25) is 0 Å². The van der Waals surface area contributed by atoms with Gasteiger partial charge in [0, 0.05) is 23.8 Å². The maximum absolute atomic E-state index is 12.3. The average Bonchev–Trinajstić information content (AvgIpc) is 2.81. The number of hydrogen-bond acceptors (Lipinski definition) is 8. The number of benzene rings is 3. The van der Waals surface area contributed by atoms with E-state index in [0.29, 0.717) is 16.9 Å². The normalized spacial score (nSPS) is 14.4. The first-order valence-corrected chi connectivity index (χ1v) is 10.6. The Kier molecular flexibility index (Phi) is 6.38. The molecule has 4 rings (SSSR count). The largest absolute Gasteiger partial charge is 0.482 e. The second-order valence-corrected chi connectivity index (χ2v) is 8.06. The summed E-state index contributed by atoms with van der Waals surface area (Å²) in [5.41, 5.74) is 9.11. The lowest BCUT2D eigenvalue weighted by Gasteiger charge is -2.26. The number of nitro benzene ring substituents is 1. The van der Waals surface area contributed by atoms with Gasteiger partial charge in [0.05, 0.1) is 10.8 Å². The van der Waals surface area contributed by atoms with Crippen LogP contribution in [0, 0.1) is 35.3 Å². The van der Waals surface area contributed by atoms with Gasteiger partial charge in [-0.1, -0.05) is 24.3 Å². The molecule has 3 aromatic carbocycles. The van der Waals surface area contributed by atoms with E-state index in [0.717, 1.165) is 11.1 Å². The van der Waals surface area contributed by atoms with Gasteiger partial charge in [-0.2, -0.15) is 5.26 Å². The first kappa shape index (κ1) is 23.3. The summed E-state index contributed by atoms with van der Waals surface area (Å²) in [7, 11) is 0. The van der Waals surface area contributed by atoms with E-state index >= 15 is 0 Å². The van der Waals surface area contributed by atoms with Gasteiger partial charge < -0.3 is 19.9 Å². The maximum atomic E-state index is 12.3. The van der Waals surface area contributed by atoms with Gasteiger partial charge in [0.15, 0.2) is 6.61 Å². The van der Waals surface area contributed by atoms with Gasteiger partial charge in [0.1, 0.15) is 28.9 Å². The van der Waals surface area contributed by atoms with Crippen molar-refractivity contribution in [3.63, 3.8) is 0 Å². The molecule has 1 heterocycles. The van der Waals surface area contributed by atoms with Crippen LogP contribution < -0.4 is 19.9 Å². The molecule has 1 aliphatic heterocycles. The number of aryl methyl sites for hydroxylation is 2. The molecule has 0 spiro atoms. The highest BCUT2D eigenvalue weighted by atomic mass is 16.6. The molecule has 0 saturated heterocycles. The van der Waals surface area contributed by atoms with Crippen LogP contribution in [-0.2, 0) is 4.79 Å². The summed E-state index contributed by atoms with van der Waals surface area (Å²) >= 11 is 0. The van der Waals surface area contributed by atoms with Crippen LogP contribution in [0.15, 0.2) is 72.1 Å². The molecule has 9 nitrogen and oxygen atoms in total. The Hall–Kier alpha value is -4.84. The molecule has 0 radical (unpaired) electrons. The van der Waals surface area contributed by atoms with Gasteiger partial charge in [0.2, 0.25) is 5.88 Å². The summed E-state index contributed by atoms with van der Waals surface area (Å²) in [6.45, 7) is 3.58. The number of nitrogens with two attached hydrogens (primary N) is 1. The van der Waals surface area contributed by atoms with Crippen molar-refractivity contribution in [2.24, 2.45) is 5.73 Å². The lowest BCUT2D eigenvalue weighted by molar-refractivity contribution is -0.384. The number of nitrogens with zero attached hydrogens (tertiary/aromatic N) is 2. The molecule has 2 N–H and O–H groups in total. The van der Waals surface area contributed by atoms with Crippen LogP contribution in [0.5, 0.6) is 17.2 Å². The predicted octanol–water partition coefficient (Wildman–Crippen LogP) is 4.41. The van der Waals surface area contributed by atoms with Crippen molar-refractivity contribution >= 4 is 11.7 Å². The Bertz CT molecular complexity index is 1390. The van der Waals surface area contributed by atoms with Gasteiger partial charge in [-0.15, -0.1) is 0 Å². The molecule has 0 saturated carbocycles. The zero-order chi connectivity index (χ0) is 25.1. The smallest absolute Gasteiger partial charge is 0.349 e. The number of esters is 1. The van der Waals surface area contributed by atoms with E-state index in [1.165, 1.54) is 18.2 Å². The topological polar surface area (TPSA) is 138 Å². The van der Waals surface area contributed by atoms with E-state index in [9.17, 15) is 20.2 Å². The summed E-state index contributed by atoms with van der Waals surface area (Å²) in [4.78, 5) is 23.1. The third-order valence-electron chi connectivity index (χ3n) is 5.39. The van der Waals surface area contributed by atoms with Crippen LogP contribution >= 0.6 is 0 Å². The van der Waals surface area contributed by atoms with Crippen LogP contribution in [0.3, 0.4) is 0 Å². The van der Waals surface area contributed by atoms with Crippen LogP contribution in [0.4, 0.5) is 5.69 Å². The SMILES string of the molecule is Cc1cc(C)cc(OCC(=O)Oc2ccc3c(c2)OC(N)=C(C#N)C3c2cccc([N+](=O)[O-])c2)c1. The quantitative estimate of drug-likeness (QED) is 0.241. The second-order valence-electron chi connectivity index (χ2n) is 8.06. The fourth-order valence-electron chi connectivity index (χ4n) is 3.98. The Morgan fingerprint density at radius 1 is 1.11 bits per heavy atom. The fraction of sp³-hybridized carbons (Fsp3) is 0.154. The molecule has 3 aromatic rings. The lowest BCUT2D eigenvalue weighted by atomic mass is 9.83. The molecule has 1 atom stereocenters. The molecular weight excluding hydrogens is 450 g/mol. The Morgan fingerprint density at radius 2 is 1.86 bits per heavy atom. The van der Waals surface area contributed by atoms with E-state index in [2.05, 4.69) is 0 Å². The highest BCUT2D eigenvalue weighted by Crippen LogP contribution is 2.43. The number of rotatable bonds is 6. The number of fused-ring (bicyclic) bond motifs is 1. The van der Waals surface area contributed by atoms with Gasteiger partial charge >= 0.3 is 5.97 Å². The van der Waals surface area contributed by atoms with E-state index in [-0.39, 0.29) is 35.2 Å².